The number of nitrogens with zero attached hydrogens (tertiary/aromatic N) is 2. The highest BCUT2D eigenvalue weighted by Gasteiger charge is 2.06. The lowest BCUT2D eigenvalue weighted by Gasteiger charge is -2.10. The smallest absolute Gasteiger partial charge is 0.147 e. The van der Waals surface area contributed by atoms with Gasteiger partial charge in [0.25, 0.3) is 0 Å². The Labute approximate surface area is 126 Å². The van der Waals surface area contributed by atoms with Crippen molar-refractivity contribution >= 4 is 15.9 Å². The third kappa shape index (κ3) is 3.56. The van der Waals surface area contributed by atoms with Crippen molar-refractivity contribution in [3.05, 3.63) is 57.8 Å². The maximum absolute atomic E-state index is 8.98. The molecule has 1 aromatic heterocycles. The molecular weight excluding hydrogens is 318 g/mol. The highest BCUT2D eigenvalue weighted by molar-refractivity contribution is 9.10. The lowest BCUT2D eigenvalue weighted by Crippen LogP contribution is -2.05. The number of nitrogens with one attached hydrogen (secondary N) is 1. The first-order chi connectivity index (χ1) is 9.74. The zero-order valence-corrected chi connectivity index (χ0v) is 12.6. The van der Waals surface area contributed by atoms with Gasteiger partial charge in [0, 0.05) is 18.3 Å². The first-order valence-electron chi connectivity index (χ1n) is 6.14. The quantitative estimate of drug-likeness (QED) is 0.914. The monoisotopic (exact) mass is 331 g/mol. The molecule has 0 spiro atoms. The van der Waals surface area contributed by atoms with Crippen molar-refractivity contribution in [2.75, 3.05) is 7.05 Å². The lowest BCUT2D eigenvalue weighted by molar-refractivity contribution is 0.303. The first-order valence-corrected chi connectivity index (χ1v) is 6.93. The SMILES string of the molecule is CNCc1ccc(OCc2cccnc2C#N)c(Br)c1. The summed E-state index contributed by atoms with van der Waals surface area (Å²) in [6, 6.07) is 11.6. The summed E-state index contributed by atoms with van der Waals surface area (Å²) in [7, 11) is 1.91. The molecule has 0 atom stereocenters. The number of benzene rings is 1. The molecule has 5 heteroatoms. The summed E-state index contributed by atoms with van der Waals surface area (Å²) >= 11 is 3.49. The van der Waals surface area contributed by atoms with Crippen LogP contribution in [0.3, 0.4) is 0 Å². The normalized spacial score (nSPS) is 10.1. The molecule has 0 saturated heterocycles. The van der Waals surface area contributed by atoms with E-state index in [1.54, 1.807) is 12.3 Å². The van der Waals surface area contributed by atoms with Gasteiger partial charge in [-0.25, -0.2) is 4.98 Å². The molecule has 0 fully saturated rings. The molecule has 20 heavy (non-hydrogen) atoms. The largest absolute Gasteiger partial charge is 0.488 e. The van der Waals surface area contributed by atoms with E-state index in [-0.39, 0.29) is 0 Å². The summed E-state index contributed by atoms with van der Waals surface area (Å²) in [5, 5.41) is 12.1. The van der Waals surface area contributed by atoms with E-state index in [0.717, 1.165) is 22.3 Å². The van der Waals surface area contributed by atoms with E-state index in [9.17, 15) is 0 Å². The Hall–Kier alpha value is -1.90. The van der Waals surface area contributed by atoms with Crippen molar-refractivity contribution in [1.82, 2.24) is 10.3 Å². The Morgan fingerprint density at radius 1 is 1.40 bits per heavy atom. The Morgan fingerprint density at radius 3 is 2.95 bits per heavy atom. The minimum atomic E-state index is 0.320. The highest BCUT2D eigenvalue weighted by Crippen LogP contribution is 2.27. The molecule has 0 radical (unpaired) electrons. The van der Waals surface area contributed by atoms with Crippen molar-refractivity contribution in [3.63, 3.8) is 0 Å². The molecule has 0 aliphatic rings. The molecule has 2 rings (SSSR count). The number of hydrogen-bond acceptors (Lipinski definition) is 4. The van der Waals surface area contributed by atoms with Gasteiger partial charge in [-0.1, -0.05) is 12.1 Å². The maximum atomic E-state index is 8.98. The number of aromatic nitrogens is 1. The van der Waals surface area contributed by atoms with Gasteiger partial charge in [-0.15, -0.1) is 0 Å². The van der Waals surface area contributed by atoms with Crippen LogP contribution in [0.15, 0.2) is 41.0 Å². The van der Waals surface area contributed by atoms with Crippen LogP contribution in [0.2, 0.25) is 0 Å². The van der Waals surface area contributed by atoms with Gasteiger partial charge in [0.15, 0.2) is 0 Å². The molecule has 0 unspecified atom stereocenters. The van der Waals surface area contributed by atoms with Crippen molar-refractivity contribution in [2.45, 2.75) is 13.2 Å². The van der Waals surface area contributed by atoms with Gasteiger partial charge in [0.2, 0.25) is 0 Å². The number of pyridine rings is 1. The van der Waals surface area contributed by atoms with Crippen molar-refractivity contribution < 1.29 is 4.74 Å². The molecule has 1 aromatic carbocycles. The topological polar surface area (TPSA) is 57.9 Å². The summed E-state index contributed by atoms with van der Waals surface area (Å²) in [5.74, 6) is 0.748. The zero-order valence-electron chi connectivity index (χ0n) is 11.1. The standard InChI is InChI=1S/C15H14BrN3O/c1-18-9-11-4-5-15(13(16)7-11)20-10-12-3-2-6-19-14(12)8-17/h2-7,18H,9-10H2,1H3. The Bertz CT molecular complexity index is 637. The van der Waals surface area contributed by atoms with E-state index in [0.29, 0.717) is 12.3 Å². The lowest BCUT2D eigenvalue weighted by atomic mass is 10.2. The van der Waals surface area contributed by atoms with Gasteiger partial charge in [-0.05, 0) is 46.7 Å². The predicted molar refractivity (Wildman–Crippen MR) is 80.2 cm³/mol. The number of nitriles is 1. The van der Waals surface area contributed by atoms with Crippen LogP contribution in [0.25, 0.3) is 0 Å². The van der Waals surface area contributed by atoms with Gasteiger partial charge in [-0.3, -0.25) is 0 Å². The van der Waals surface area contributed by atoms with Crippen LogP contribution in [0, 0.1) is 11.3 Å². The zero-order chi connectivity index (χ0) is 14.4. The van der Waals surface area contributed by atoms with E-state index in [1.165, 1.54) is 5.56 Å². The molecule has 2 aromatic rings. The summed E-state index contributed by atoms with van der Waals surface area (Å²) in [6.45, 7) is 1.13. The van der Waals surface area contributed by atoms with Gasteiger partial charge >= 0.3 is 0 Å². The molecule has 0 amide bonds. The maximum Gasteiger partial charge on any atom is 0.147 e. The second kappa shape index (κ2) is 7.04. The number of hydrogen-bond donors (Lipinski definition) is 1. The minimum Gasteiger partial charge on any atom is -0.488 e. The number of halogens is 1. The molecule has 0 aliphatic heterocycles. The van der Waals surface area contributed by atoms with Crippen LogP contribution in [0.4, 0.5) is 0 Å². The van der Waals surface area contributed by atoms with Gasteiger partial charge in [0.1, 0.15) is 24.1 Å². The predicted octanol–water partition coefficient (Wildman–Crippen LogP) is 3.01. The summed E-state index contributed by atoms with van der Waals surface area (Å²) in [4.78, 5) is 4.01. The van der Waals surface area contributed by atoms with E-state index < -0.39 is 0 Å². The average Bonchev–Trinajstić information content (AvgIpc) is 2.47. The third-order valence-corrected chi connectivity index (χ3v) is 3.38. The van der Waals surface area contributed by atoms with Crippen LogP contribution in [0.1, 0.15) is 16.8 Å². The molecule has 0 saturated carbocycles. The summed E-state index contributed by atoms with van der Waals surface area (Å²) in [6.07, 6.45) is 1.60. The number of rotatable bonds is 5. The second-order valence-electron chi connectivity index (χ2n) is 4.21. The van der Waals surface area contributed by atoms with Crippen LogP contribution in [0.5, 0.6) is 5.75 Å². The number of ether oxygens (including phenoxy) is 1. The fraction of sp³-hybridized carbons (Fsp3) is 0.200. The summed E-state index contributed by atoms with van der Waals surface area (Å²) in [5.41, 5.74) is 2.35. The van der Waals surface area contributed by atoms with Crippen molar-refractivity contribution in [3.8, 4) is 11.8 Å². The fourth-order valence-electron chi connectivity index (χ4n) is 1.79. The van der Waals surface area contributed by atoms with E-state index in [4.69, 9.17) is 10.00 Å². The van der Waals surface area contributed by atoms with E-state index >= 15 is 0 Å². The highest BCUT2D eigenvalue weighted by atomic mass is 79.9. The van der Waals surface area contributed by atoms with Crippen molar-refractivity contribution in [2.24, 2.45) is 0 Å². The molecule has 0 aliphatic carbocycles. The minimum absolute atomic E-state index is 0.320. The average molecular weight is 332 g/mol. The first kappa shape index (κ1) is 14.5. The van der Waals surface area contributed by atoms with Gasteiger partial charge in [-0.2, -0.15) is 5.26 Å². The molecule has 1 heterocycles. The van der Waals surface area contributed by atoms with Gasteiger partial charge < -0.3 is 10.1 Å². The van der Waals surface area contributed by atoms with Crippen LogP contribution in [-0.2, 0) is 13.2 Å². The fourth-order valence-corrected chi connectivity index (χ4v) is 2.33. The van der Waals surface area contributed by atoms with Crippen LogP contribution in [-0.4, -0.2) is 12.0 Å². The Morgan fingerprint density at radius 2 is 2.25 bits per heavy atom. The molecule has 1 N–H and O–H groups in total. The van der Waals surface area contributed by atoms with Crippen molar-refractivity contribution in [1.29, 1.82) is 5.26 Å². The van der Waals surface area contributed by atoms with Gasteiger partial charge in [0.05, 0.1) is 4.47 Å². The molecule has 4 nitrogen and oxygen atoms in total. The molecular formula is C15H14BrN3O. The molecule has 0 bridgehead atoms. The third-order valence-electron chi connectivity index (χ3n) is 2.76. The van der Waals surface area contributed by atoms with Crippen LogP contribution < -0.4 is 10.1 Å². The van der Waals surface area contributed by atoms with E-state index in [1.807, 2.05) is 31.3 Å². The molecule has 102 valence electrons. The Kier molecular flexibility index (Phi) is 5.10. The van der Waals surface area contributed by atoms with E-state index in [2.05, 4.69) is 32.3 Å². The Balaban J connectivity index is 2.09. The second-order valence-corrected chi connectivity index (χ2v) is 5.06. The summed E-state index contributed by atoms with van der Waals surface area (Å²) < 4.78 is 6.64. The van der Waals surface area contributed by atoms with Crippen LogP contribution >= 0.6 is 15.9 Å².